The molecule has 0 saturated heterocycles. The van der Waals surface area contributed by atoms with Gasteiger partial charge in [-0.05, 0) is 37.1 Å². The Morgan fingerprint density at radius 2 is 1.64 bits per heavy atom. The molecular weight excluding hydrogens is 200 g/mol. The average molecular weight is 208 g/mol. The zero-order valence-electron chi connectivity index (χ0n) is 7.57. The second kappa shape index (κ2) is 3.48. The van der Waals surface area contributed by atoms with Crippen LogP contribution < -0.4 is 4.74 Å². The normalized spacial score (nSPS) is 11.6. The van der Waals surface area contributed by atoms with Crippen LogP contribution in [0.25, 0.3) is 0 Å². The highest BCUT2D eigenvalue weighted by atomic mass is 19.4. The largest absolute Gasteiger partial charge is 0.573 e. The molecule has 0 N–H and O–H groups in total. The van der Waals surface area contributed by atoms with Crippen molar-refractivity contribution < 1.29 is 22.3 Å². The van der Waals surface area contributed by atoms with Crippen molar-refractivity contribution in [2.75, 3.05) is 0 Å². The number of benzene rings is 1. The van der Waals surface area contributed by atoms with Gasteiger partial charge in [0.2, 0.25) is 0 Å². The molecule has 0 unspecified atom stereocenters. The van der Waals surface area contributed by atoms with Crippen LogP contribution in [-0.4, -0.2) is 6.36 Å². The van der Waals surface area contributed by atoms with E-state index in [0.29, 0.717) is 0 Å². The first-order valence-corrected chi connectivity index (χ1v) is 3.82. The molecule has 1 nitrogen and oxygen atoms in total. The molecule has 0 aliphatic rings. The molecule has 1 aromatic carbocycles. The fourth-order valence-corrected chi connectivity index (χ4v) is 0.989. The number of aryl methyl sites for hydroxylation is 2. The molecule has 0 aliphatic carbocycles. The van der Waals surface area contributed by atoms with Gasteiger partial charge in [-0.3, -0.25) is 0 Å². The van der Waals surface area contributed by atoms with Crippen LogP contribution in [0.3, 0.4) is 0 Å². The number of hydrogen-bond acceptors (Lipinski definition) is 1. The van der Waals surface area contributed by atoms with E-state index in [-0.39, 0.29) is 16.9 Å². The van der Waals surface area contributed by atoms with Gasteiger partial charge in [-0.15, -0.1) is 13.2 Å². The standard InChI is InChI=1S/C9H8F4O/c1-5-4-8(14-9(11,12)13)6(2)3-7(5)10/h3-4H,1-2H3. The van der Waals surface area contributed by atoms with Gasteiger partial charge in [0.05, 0.1) is 0 Å². The lowest BCUT2D eigenvalue weighted by molar-refractivity contribution is -0.274. The summed E-state index contributed by atoms with van der Waals surface area (Å²) in [5, 5.41) is 0. The molecule has 5 heteroatoms. The van der Waals surface area contributed by atoms with Crippen molar-refractivity contribution in [3.05, 3.63) is 29.1 Å². The molecule has 0 atom stereocenters. The van der Waals surface area contributed by atoms with E-state index in [4.69, 9.17) is 0 Å². The van der Waals surface area contributed by atoms with Crippen LogP contribution in [0.15, 0.2) is 12.1 Å². The molecule has 0 saturated carbocycles. The number of hydrogen-bond donors (Lipinski definition) is 0. The fraction of sp³-hybridized carbons (Fsp3) is 0.333. The smallest absolute Gasteiger partial charge is 0.406 e. The van der Waals surface area contributed by atoms with Crippen molar-refractivity contribution in [2.45, 2.75) is 20.2 Å². The van der Waals surface area contributed by atoms with Crippen LogP contribution in [0.4, 0.5) is 17.6 Å². The average Bonchev–Trinajstić information content (AvgIpc) is 1.97. The molecular formula is C9H8F4O. The van der Waals surface area contributed by atoms with E-state index >= 15 is 0 Å². The number of halogens is 4. The van der Waals surface area contributed by atoms with E-state index in [1.807, 2.05) is 0 Å². The summed E-state index contributed by atoms with van der Waals surface area (Å²) in [4.78, 5) is 0. The lowest BCUT2D eigenvalue weighted by Gasteiger charge is -2.12. The van der Waals surface area contributed by atoms with Gasteiger partial charge in [0, 0.05) is 0 Å². The summed E-state index contributed by atoms with van der Waals surface area (Å²) in [6.45, 7) is 2.72. The van der Waals surface area contributed by atoms with E-state index in [2.05, 4.69) is 4.74 Å². The monoisotopic (exact) mass is 208 g/mol. The van der Waals surface area contributed by atoms with Crippen LogP contribution in [0.5, 0.6) is 5.75 Å². The third kappa shape index (κ3) is 2.61. The number of alkyl halides is 3. The highest BCUT2D eigenvalue weighted by Crippen LogP contribution is 2.27. The Kier molecular flexibility index (Phi) is 2.69. The van der Waals surface area contributed by atoms with Crippen LogP contribution in [0, 0.1) is 19.7 Å². The van der Waals surface area contributed by atoms with Crippen molar-refractivity contribution in [2.24, 2.45) is 0 Å². The van der Waals surface area contributed by atoms with Crippen molar-refractivity contribution >= 4 is 0 Å². The van der Waals surface area contributed by atoms with Gasteiger partial charge in [-0.1, -0.05) is 0 Å². The van der Waals surface area contributed by atoms with Gasteiger partial charge in [0.1, 0.15) is 11.6 Å². The summed E-state index contributed by atoms with van der Waals surface area (Å²) in [6, 6.07) is 2.04. The SMILES string of the molecule is Cc1cc(OC(F)(F)F)c(C)cc1F. The van der Waals surface area contributed by atoms with Crippen molar-refractivity contribution in [1.29, 1.82) is 0 Å². The van der Waals surface area contributed by atoms with Gasteiger partial charge in [-0.2, -0.15) is 0 Å². The van der Waals surface area contributed by atoms with Crippen LogP contribution >= 0.6 is 0 Å². The first kappa shape index (κ1) is 10.8. The third-order valence-corrected chi connectivity index (χ3v) is 1.68. The molecule has 1 rings (SSSR count). The van der Waals surface area contributed by atoms with Crippen LogP contribution in [0.2, 0.25) is 0 Å². The predicted molar refractivity (Wildman–Crippen MR) is 42.6 cm³/mol. The third-order valence-electron chi connectivity index (χ3n) is 1.68. The van der Waals surface area contributed by atoms with Gasteiger partial charge in [0.25, 0.3) is 0 Å². The maximum atomic E-state index is 12.9. The zero-order chi connectivity index (χ0) is 10.9. The Hall–Kier alpha value is -1.26. The van der Waals surface area contributed by atoms with E-state index in [1.165, 1.54) is 13.8 Å². The maximum absolute atomic E-state index is 12.9. The van der Waals surface area contributed by atoms with Gasteiger partial charge >= 0.3 is 6.36 Å². The van der Waals surface area contributed by atoms with E-state index in [1.54, 1.807) is 0 Å². The summed E-state index contributed by atoms with van der Waals surface area (Å²) >= 11 is 0. The summed E-state index contributed by atoms with van der Waals surface area (Å²) < 4.78 is 52.1. The minimum atomic E-state index is -4.74. The second-order valence-corrected chi connectivity index (χ2v) is 2.91. The number of rotatable bonds is 1. The van der Waals surface area contributed by atoms with Gasteiger partial charge < -0.3 is 4.74 Å². The number of ether oxygens (including phenoxy) is 1. The molecule has 0 amide bonds. The van der Waals surface area contributed by atoms with E-state index in [9.17, 15) is 17.6 Å². The van der Waals surface area contributed by atoms with Gasteiger partial charge in [0.15, 0.2) is 0 Å². The van der Waals surface area contributed by atoms with Crippen LogP contribution in [0.1, 0.15) is 11.1 Å². The lowest BCUT2D eigenvalue weighted by Crippen LogP contribution is -2.18. The second-order valence-electron chi connectivity index (χ2n) is 2.91. The summed E-state index contributed by atoms with van der Waals surface area (Å²) in [5.74, 6) is -0.909. The predicted octanol–water partition coefficient (Wildman–Crippen LogP) is 3.34. The van der Waals surface area contributed by atoms with Crippen LogP contribution in [-0.2, 0) is 0 Å². The molecule has 78 valence electrons. The minimum Gasteiger partial charge on any atom is -0.406 e. The highest BCUT2D eigenvalue weighted by Gasteiger charge is 2.31. The van der Waals surface area contributed by atoms with Gasteiger partial charge in [-0.25, -0.2) is 4.39 Å². The molecule has 0 aromatic heterocycles. The van der Waals surface area contributed by atoms with Crippen molar-refractivity contribution in [3.8, 4) is 5.75 Å². The first-order valence-electron chi connectivity index (χ1n) is 3.82. The minimum absolute atomic E-state index is 0.116. The maximum Gasteiger partial charge on any atom is 0.573 e. The molecule has 0 radical (unpaired) electrons. The lowest BCUT2D eigenvalue weighted by atomic mass is 10.1. The molecule has 14 heavy (non-hydrogen) atoms. The first-order chi connectivity index (χ1) is 6.29. The summed E-state index contributed by atoms with van der Waals surface area (Å²) in [7, 11) is 0. The molecule has 0 bridgehead atoms. The molecule has 0 fully saturated rings. The Labute approximate surface area is 78.3 Å². The van der Waals surface area contributed by atoms with Crippen molar-refractivity contribution in [1.82, 2.24) is 0 Å². The van der Waals surface area contributed by atoms with E-state index < -0.39 is 12.2 Å². The topological polar surface area (TPSA) is 9.23 Å². The molecule has 0 aliphatic heterocycles. The summed E-state index contributed by atoms with van der Waals surface area (Å²) in [6.07, 6.45) is -4.74. The van der Waals surface area contributed by atoms with Crippen molar-refractivity contribution in [3.63, 3.8) is 0 Å². The molecule has 0 heterocycles. The molecule has 1 aromatic rings. The quantitative estimate of drug-likeness (QED) is 0.643. The Morgan fingerprint density at radius 3 is 2.14 bits per heavy atom. The molecule has 0 spiro atoms. The highest BCUT2D eigenvalue weighted by molar-refractivity contribution is 5.37. The fourth-order valence-electron chi connectivity index (χ4n) is 0.989. The van der Waals surface area contributed by atoms with E-state index in [0.717, 1.165) is 12.1 Å². The zero-order valence-corrected chi connectivity index (χ0v) is 7.57. The Morgan fingerprint density at radius 1 is 1.07 bits per heavy atom. The summed E-state index contributed by atoms with van der Waals surface area (Å²) in [5.41, 5.74) is 0.236. The Bertz CT molecular complexity index is 343. The Balaban J connectivity index is 3.04.